The first-order valence-electron chi connectivity index (χ1n) is 7.36. The predicted molar refractivity (Wildman–Crippen MR) is 97.2 cm³/mol. The highest BCUT2D eigenvalue weighted by Crippen LogP contribution is 2.31. The zero-order valence-corrected chi connectivity index (χ0v) is 15.0. The lowest BCUT2D eigenvalue weighted by molar-refractivity contribution is -0.387. The van der Waals surface area contributed by atoms with Gasteiger partial charge < -0.3 is 0 Å². The molecule has 1 heterocycles. The Morgan fingerprint density at radius 3 is 2.65 bits per heavy atom. The normalized spacial score (nSPS) is 11.3. The van der Waals surface area contributed by atoms with Crippen molar-refractivity contribution in [3.63, 3.8) is 0 Å². The van der Waals surface area contributed by atoms with Crippen LogP contribution in [0.5, 0.6) is 0 Å². The van der Waals surface area contributed by atoms with Gasteiger partial charge in [-0.05, 0) is 36.8 Å². The average Bonchev–Trinajstić information content (AvgIpc) is 3.08. The summed E-state index contributed by atoms with van der Waals surface area (Å²) in [5.74, 6) is 0. The van der Waals surface area contributed by atoms with Crippen molar-refractivity contribution < 1.29 is 13.3 Å². The molecule has 1 aromatic heterocycles. The van der Waals surface area contributed by atoms with Crippen LogP contribution in [0.25, 0.3) is 5.69 Å². The fraction of sp³-hybridized carbons (Fsp3) is 0.0625. The van der Waals surface area contributed by atoms with E-state index in [-0.39, 0.29) is 11.3 Å². The number of nitrogens with one attached hydrogen (secondary N) is 1. The molecule has 3 rings (SSSR count). The van der Waals surface area contributed by atoms with E-state index in [0.29, 0.717) is 10.7 Å². The number of halogens is 1. The van der Waals surface area contributed by atoms with Crippen molar-refractivity contribution in [2.24, 2.45) is 0 Å². The van der Waals surface area contributed by atoms with E-state index in [1.54, 1.807) is 30.6 Å². The molecule has 10 heteroatoms. The first-order valence-corrected chi connectivity index (χ1v) is 9.22. The van der Waals surface area contributed by atoms with E-state index in [2.05, 4.69) is 9.82 Å². The quantitative estimate of drug-likeness (QED) is 0.527. The second-order valence-electron chi connectivity index (χ2n) is 5.40. The molecular weight excluding hydrogens is 380 g/mol. The second-order valence-corrected chi connectivity index (χ2v) is 7.45. The van der Waals surface area contributed by atoms with Gasteiger partial charge in [0.2, 0.25) is 0 Å². The lowest BCUT2D eigenvalue weighted by Gasteiger charge is -2.14. The van der Waals surface area contributed by atoms with E-state index in [0.717, 1.165) is 6.07 Å². The molecule has 0 saturated heterocycles. The van der Waals surface area contributed by atoms with Crippen LogP contribution >= 0.6 is 11.6 Å². The minimum absolute atomic E-state index is 0.152. The van der Waals surface area contributed by atoms with Crippen molar-refractivity contribution in [2.45, 2.75) is 11.8 Å². The van der Waals surface area contributed by atoms with Crippen molar-refractivity contribution in [1.29, 1.82) is 0 Å². The van der Waals surface area contributed by atoms with Crippen molar-refractivity contribution in [2.75, 3.05) is 4.72 Å². The second kappa shape index (κ2) is 6.77. The van der Waals surface area contributed by atoms with Crippen molar-refractivity contribution in [3.05, 3.63) is 75.6 Å². The Kier molecular flexibility index (Phi) is 4.66. The summed E-state index contributed by atoms with van der Waals surface area (Å²) < 4.78 is 29.6. The number of anilines is 1. The van der Waals surface area contributed by atoms with Gasteiger partial charge in [0.15, 0.2) is 4.90 Å². The molecule has 1 N–H and O–H groups in total. The molecule has 0 unspecified atom stereocenters. The molecule has 3 aromatic rings. The number of aromatic nitrogens is 2. The molecule has 0 amide bonds. The summed E-state index contributed by atoms with van der Waals surface area (Å²) in [4.78, 5) is 10.1. The van der Waals surface area contributed by atoms with E-state index >= 15 is 0 Å². The van der Waals surface area contributed by atoms with Crippen LogP contribution in [0.1, 0.15) is 5.56 Å². The molecule has 0 aliphatic rings. The standard InChI is InChI=1S/C16H13ClN4O4S/c1-11-4-2-5-15(21(22)23)16(11)26(24,25)19-13-10-12(17)6-7-14(13)20-9-3-8-18-20/h2-10,19H,1H3. The third-order valence-corrected chi connectivity index (χ3v) is 5.40. The van der Waals surface area contributed by atoms with Gasteiger partial charge in [-0.1, -0.05) is 23.7 Å². The fourth-order valence-corrected chi connectivity index (χ4v) is 4.16. The molecule has 134 valence electrons. The monoisotopic (exact) mass is 392 g/mol. The molecule has 0 radical (unpaired) electrons. The lowest BCUT2D eigenvalue weighted by Crippen LogP contribution is -2.17. The van der Waals surface area contributed by atoms with Gasteiger partial charge in [-0.3, -0.25) is 14.8 Å². The fourth-order valence-electron chi connectivity index (χ4n) is 2.53. The summed E-state index contributed by atoms with van der Waals surface area (Å²) in [5.41, 5.74) is 0.340. The van der Waals surface area contributed by atoms with Crippen molar-refractivity contribution in [1.82, 2.24) is 9.78 Å². The van der Waals surface area contributed by atoms with Crippen LogP contribution < -0.4 is 4.72 Å². The van der Waals surface area contributed by atoms with E-state index in [1.165, 1.54) is 29.8 Å². The van der Waals surface area contributed by atoms with Crippen LogP contribution in [-0.2, 0) is 10.0 Å². The molecule has 26 heavy (non-hydrogen) atoms. The van der Waals surface area contributed by atoms with Crippen LogP contribution in [0.3, 0.4) is 0 Å². The van der Waals surface area contributed by atoms with Gasteiger partial charge in [0.05, 0.1) is 16.3 Å². The van der Waals surface area contributed by atoms with Crippen molar-refractivity contribution in [3.8, 4) is 5.69 Å². The average molecular weight is 393 g/mol. The van der Waals surface area contributed by atoms with Gasteiger partial charge in [-0.15, -0.1) is 0 Å². The number of hydrogen-bond acceptors (Lipinski definition) is 5. The molecular formula is C16H13ClN4O4S. The van der Waals surface area contributed by atoms with Gasteiger partial charge in [0, 0.05) is 23.5 Å². The molecule has 0 aliphatic carbocycles. The number of hydrogen-bond donors (Lipinski definition) is 1. The molecule has 0 saturated carbocycles. The van der Waals surface area contributed by atoms with Gasteiger partial charge in [0.25, 0.3) is 15.7 Å². The van der Waals surface area contributed by atoms with Crippen LogP contribution in [0, 0.1) is 17.0 Å². The van der Waals surface area contributed by atoms with Crippen molar-refractivity contribution >= 4 is 33.0 Å². The number of sulfonamides is 1. The first kappa shape index (κ1) is 17.9. The van der Waals surface area contributed by atoms with Crippen LogP contribution in [0.2, 0.25) is 5.02 Å². The minimum Gasteiger partial charge on any atom is -0.277 e. The van der Waals surface area contributed by atoms with E-state index in [1.807, 2.05) is 0 Å². The van der Waals surface area contributed by atoms with E-state index < -0.39 is 25.5 Å². The lowest BCUT2D eigenvalue weighted by atomic mass is 10.2. The molecule has 0 fully saturated rings. The molecule has 0 atom stereocenters. The minimum atomic E-state index is -4.24. The number of rotatable bonds is 5. The highest BCUT2D eigenvalue weighted by Gasteiger charge is 2.28. The maximum absolute atomic E-state index is 12.9. The zero-order valence-electron chi connectivity index (χ0n) is 13.5. The summed E-state index contributed by atoms with van der Waals surface area (Å²) in [6, 6.07) is 10.4. The number of nitro groups is 1. The van der Waals surface area contributed by atoms with E-state index in [4.69, 9.17) is 11.6 Å². The summed E-state index contributed by atoms with van der Waals surface area (Å²) >= 11 is 5.99. The number of nitrogens with zero attached hydrogens (tertiary/aromatic N) is 3. The Bertz CT molecular complexity index is 1080. The van der Waals surface area contributed by atoms with Crippen LogP contribution in [0.15, 0.2) is 59.8 Å². The topological polar surface area (TPSA) is 107 Å². The zero-order chi connectivity index (χ0) is 18.9. The Balaban J connectivity index is 2.13. The van der Waals surface area contributed by atoms with Crippen LogP contribution in [-0.4, -0.2) is 23.1 Å². The molecule has 0 aliphatic heterocycles. The highest BCUT2D eigenvalue weighted by molar-refractivity contribution is 7.93. The number of nitro benzene ring substituents is 1. The highest BCUT2D eigenvalue weighted by atomic mass is 35.5. The Morgan fingerprint density at radius 2 is 2.00 bits per heavy atom. The number of benzene rings is 2. The molecule has 8 nitrogen and oxygen atoms in total. The predicted octanol–water partition coefficient (Wildman–Crippen LogP) is 3.54. The molecule has 2 aromatic carbocycles. The first-order chi connectivity index (χ1) is 12.3. The largest absolute Gasteiger partial charge is 0.290 e. The third-order valence-electron chi connectivity index (χ3n) is 3.61. The SMILES string of the molecule is Cc1cccc([N+](=O)[O-])c1S(=O)(=O)Nc1cc(Cl)ccc1-n1cccn1. The Hall–Kier alpha value is -2.91. The summed E-state index contributed by atoms with van der Waals surface area (Å²) in [5, 5.41) is 15.6. The molecule has 0 bridgehead atoms. The Labute approximate surface area is 154 Å². The number of aryl methyl sites for hydroxylation is 1. The molecule has 0 spiro atoms. The Morgan fingerprint density at radius 1 is 1.23 bits per heavy atom. The summed E-state index contributed by atoms with van der Waals surface area (Å²) in [7, 11) is -4.24. The van der Waals surface area contributed by atoms with E-state index in [9.17, 15) is 18.5 Å². The van der Waals surface area contributed by atoms with Gasteiger partial charge in [-0.25, -0.2) is 13.1 Å². The summed E-state index contributed by atoms with van der Waals surface area (Å²) in [6.45, 7) is 1.49. The van der Waals surface area contributed by atoms with Crippen LogP contribution in [0.4, 0.5) is 11.4 Å². The smallest absolute Gasteiger partial charge is 0.277 e. The maximum atomic E-state index is 12.9. The third kappa shape index (κ3) is 3.39. The van der Waals surface area contributed by atoms with Gasteiger partial charge >= 0.3 is 0 Å². The maximum Gasteiger partial charge on any atom is 0.290 e. The summed E-state index contributed by atoms with van der Waals surface area (Å²) in [6.07, 6.45) is 3.18. The van der Waals surface area contributed by atoms with Gasteiger partial charge in [-0.2, -0.15) is 5.10 Å². The van der Waals surface area contributed by atoms with Gasteiger partial charge in [0.1, 0.15) is 0 Å².